The van der Waals surface area contributed by atoms with Gasteiger partial charge in [0.05, 0.1) is 6.20 Å². The number of nitrogens with zero attached hydrogens (tertiary/aromatic N) is 2. The first-order valence-corrected chi connectivity index (χ1v) is 6.28. The van der Waals surface area contributed by atoms with Gasteiger partial charge >= 0.3 is 0 Å². The van der Waals surface area contributed by atoms with Crippen molar-refractivity contribution < 1.29 is 8.42 Å². The first kappa shape index (κ1) is 12.2. The van der Waals surface area contributed by atoms with E-state index in [9.17, 15) is 8.42 Å². The van der Waals surface area contributed by atoms with Gasteiger partial charge in [0.15, 0.2) is 0 Å². The van der Waals surface area contributed by atoms with E-state index in [0.717, 1.165) is 6.42 Å². The molecule has 86 valence electrons. The van der Waals surface area contributed by atoms with Crippen molar-refractivity contribution >= 4 is 10.0 Å². The van der Waals surface area contributed by atoms with E-state index in [1.54, 1.807) is 4.68 Å². The summed E-state index contributed by atoms with van der Waals surface area (Å²) in [4.78, 5) is 0.0661. The maximum atomic E-state index is 11.0. The van der Waals surface area contributed by atoms with Crippen LogP contribution in [0.5, 0.6) is 0 Å². The highest BCUT2D eigenvalue weighted by Gasteiger charge is 2.13. The Morgan fingerprint density at radius 2 is 2.07 bits per heavy atom. The summed E-state index contributed by atoms with van der Waals surface area (Å²) >= 11 is 0. The van der Waals surface area contributed by atoms with E-state index in [1.807, 2.05) is 0 Å². The van der Waals surface area contributed by atoms with Crippen molar-refractivity contribution in [1.82, 2.24) is 9.78 Å². The molecule has 0 aromatic carbocycles. The molecule has 0 bridgehead atoms. The fourth-order valence-corrected chi connectivity index (χ4v) is 1.53. The Labute approximate surface area is 90.3 Å². The van der Waals surface area contributed by atoms with Crippen LogP contribution >= 0.6 is 0 Å². The molecule has 2 N–H and O–H groups in total. The molecule has 1 aromatic rings. The average molecular weight is 231 g/mol. The average Bonchev–Trinajstić information content (AvgIpc) is 2.45. The van der Waals surface area contributed by atoms with E-state index in [0.29, 0.717) is 6.54 Å². The monoisotopic (exact) mass is 231 g/mol. The zero-order chi connectivity index (χ0) is 11.7. The largest absolute Gasteiger partial charge is 0.271 e. The topological polar surface area (TPSA) is 78.0 Å². The third-order valence-electron chi connectivity index (χ3n) is 2.03. The predicted molar refractivity (Wildman–Crippen MR) is 57.7 cm³/mol. The molecule has 0 aliphatic rings. The summed E-state index contributed by atoms with van der Waals surface area (Å²) in [5.41, 5.74) is 0.202. The number of rotatable bonds is 3. The van der Waals surface area contributed by atoms with Gasteiger partial charge in [-0.2, -0.15) is 5.10 Å². The lowest BCUT2D eigenvalue weighted by Crippen LogP contribution is -2.12. The van der Waals surface area contributed by atoms with Gasteiger partial charge in [0.2, 0.25) is 10.0 Å². The molecule has 5 nitrogen and oxygen atoms in total. The molecular weight excluding hydrogens is 214 g/mol. The second kappa shape index (κ2) is 3.94. The number of hydrogen-bond acceptors (Lipinski definition) is 3. The molecule has 15 heavy (non-hydrogen) atoms. The fraction of sp³-hybridized carbons (Fsp3) is 0.667. The van der Waals surface area contributed by atoms with E-state index in [2.05, 4.69) is 25.9 Å². The van der Waals surface area contributed by atoms with Crippen molar-refractivity contribution in [3.8, 4) is 0 Å². The smallest absolute Gasteiger partial charge is 0.241 e. The molecule has 0 unspecified atom stereocenters. The van der Waals surface area contributed by atoms with E-state index < -0.39 is 10.0 Å². The minimum Gasteiger partial charge on any atom is -0.271 e. The molecule has 0 saturated carbocycles. The minimum atomic E-state index is -3.62. The standard InChI is InChI=1S/C9H17N3O2S/c1-9(2,3)4-5-12-7-8(6-11-12)15(10,13)14/h6-7H,4-5H2,1-3H3,(H2,10,13,14). The molecule has 1 heterocycles. The van der Waals surface area contributed by atoms with Crippen molar-refractivity contribution in [3.63, 3.8) is 0 Å². The van der Waals surface area contributed by atoms with Gasteiger partial charge in [-0.15, -0.1) is 0 Å². The highest BCUT2D eigenvalue weighted by Crippen LogP contribution is 2.19. The second-order valence-electron chi connectivity index (χ2n) is 4.79. The summed E-state index contributed by atoms with van der Waals surface area (Å²) in [7, 11) is -3.62. The molecule has 0 fully saturated rings. The van der Waals surface area contributed by atoms with E-state index in [1.165, 1.54) is 12.4 Å². The van der Waals surface area contributed by atoms with E-state index in [4.69, 9.17) is 5.14 Å². The lowest BCUT2D eigenvalue weighted by Gasteiger charge is -2.17. The van der Waals surface area contributed by atoms with Crippen LogP contribution in [0, 0.1) is 5.41 Å². The predicted octanol–water partition coefficient (Wildman–Crippen LogP) is 0.967. The van der Waals surface area contributed by atoms with Gasteiger partial charge in [0, 0.05) is 12.7 Å². The molecule has 0 radical (unpaired) electrons. The van der Waals surface area contributed by atoms with Gasteiger partial charge < -0.3 is 0 Å². The highest BCUT2D eigenvalue weighted by atomic mass is 32.2. The molecule has 0 amide bonds. The van der Waals surface area contributed by atoms with Gasteiger partial charge in [-0.25, -0.2) is 13.6 Å². The molecule has 0 aliphatic carbocycles. The third kappa shape index (κ3) is 4.01. The van der Waals surface area contributed by atoms with Crippen LogP contribution in [0.3, 0.4) is 0 Å². The first-order valence-electron chi connectivity index (χ1n) is 4.74. The van der Waals surface area contributed by atoms with Gasteiger partial charge in [-0.3, -0.25) is 4.68 Å². The molecule has 0 saturated heterocycles. The molecule has 0 atom stereocenters. The third-order valence-corrected chi connectivity index (χ3v) is 2.90. The number of nitrogens with two attached hydrogens (primary N) is 1. The highest BCUT2D eigenvalue weighted by molar-refractivity contribution is 7.89. The van der Waals surface area contributed by atoms with Gasteiger partial charge in [0.1, 0.15) is 4.90 Å². The fourth-order valence-electron chi connectivity index (χ4n) is 1.06. The SMILES string of the molecule is CC(C)(C)CCn1cc(S(N)(=O)=O)cn1. The zero-order valence-corrected chi connectivity index (χ0v) is 10.1. The van der Waals surface area contributed by atoms with Crippen LogP contribution in [0.2, 0.25) is 0 Å². The van der Waals surface area contributed by atoms with Crippen LogP contribution in [0.15, 0.2) is 17.3 Å². The van der Waals surface area contributed by atoms with Crippen LogP contribution in [0.4, 0.5) is 0 Å². The summed E-state index contributed by atoms with van der Waals surface area (Å²) < 4.78 is 23.5. The maximum Gasteiger partial charge on any atom is 0.241 e. The number of hydrogen-bond donors (Lipinski definition) is 1. The van der Waals surface area contributed by atoms with Gasteiger partial charge in [0.25, 0.3) is 0 Å². The Hall–Kier alpha value is -0.880. The zero-order valence-electron chi connectivity index (χ0n) is 9.27. The van der Waals surface area contributed by atoms with Crippen LogP contribution in [-0.4, -0.2) is 18.2 Å². The van der Waals surface area contributed by atoms with Crippen molar-refractivity contribution in [2.75, 3.05) is 0 Å². The van der Waals surface area contributed by atoms with Crippen molar-refractivity contribution in [3.05, 3.63) is 12.4 Å². The first-order chi connectivity index (χ1) is 6.68. The van der Waals surface area contributed by atoms with Crippen molar-refractivity contribution in [2.45, 2.75) is 38.6 Å². The Kier molecular flexibility index (Phi) is 3.20. The number of aryl methyl sites for hydroxylation is 1. The maximum absolute atomic E-state index is 11.0. The van der Waals surface area contributed by atoms with Crippen molar-refractivity contribution in [2.24, 2.45) is 10.6 Å². The summed E-state index contributed by atoms with van der Waals surface area (Å²) in [5.74, 6) is 0. The van der Waals surface area contributed by atoms with Crippen LogP contribution in [0.1, 0.15) is 27.2 Å². The summed E-state index contributed by atoms with van der Waals surface area (Å²) in [6, 6.07) is 0. The van der Waals surface area contributed by atoms with Crippen LogP contribution in [-0.2, 0) is 16.6 Å². The Balaban J connectivity index is 2.70. The molecule has 0 spiro atoms. The van der Waals surface area contributed by atoms with E-state index >= 15 is 0 Å². The Morgan fingerprint density at radius 3 is 2.47 bits per heavy atom. The molecule has 1 aromatic heterocycles. The van der Waals surface area contributed by atoms with Crippen LogP contribution < -0.4 is 5.14 Å². The number of primary sulfonamides is 1. The van der Waals surface area contributed by atoms with Crippen LogP contribution in [0.25, 0.3) is 0 Å². The molecule has 1 rings (SSSR count). The minimum absolute atomic E-state index is 0.0661. The number of aromatic nitrogens is 2. The number of sulfonamides is 1. The summed E-state index contributed by atoms with van der Waals surface area (Å²) in [6.07, 6.45) is 3.66. The molecule has 6 heteroatoms. The van der Waals surface area contributed by atoms with E-state index in [-0.39, 0.29) is 10.3 Å². The second-order valence-corrected chi connectivity index (χ2v) is 6.36. The molecular formula is C9H17N3O2S. The van der Waals surface area contributed by atoms with Crippen molar-refractivity contribution in [1.29, 1.82) is 0 Å². The Morgan fingerprint density at radius 1 is 1.47 bits per heavy atom. The van der Waals surface area contributed by atoms with Gasteiger partial charge in [-0.05, 0) is 11.8 Å². The lowest BCUT2D eigenvalue weighted by atomic mass is 9.92. The quantitative estimate of drug-likeness (QED) is 0.841. The Bertz CT molecular complexity index is 428. The summed E-state index contributed by atoms with van der Waals surface area (Å²) in [6.45, 7) is 7.06. The molecule has 0 aliphatic heterocycles. The summed E-state index contributed by atoms with van der Waals surface area (Å²) in [5, 5.41) is 8.91. The van der Waals surface area contributed by atoms with Gasteiger partial charge in [-0.1, -0.05) is 20.8 Å². The lowest BCUT2D eigenvalue weighted by molar-refractivity contribution is 0.341. The normalized spacial score (nSPS) is 13.1.